The number of fused-ring (bicyclic) bond motifs is 3. The fourth-order valence-corrected chi connectivity index (χ4v) is 14.2. The topological polar surface area (TPSA) is 82.3 Å². The lowest BCUT2D eigenvalue weighted by atomic mass is 9.59. The van der Waals surface area contributed by atoms with Crippen LogP contribution in [0.15, 0.2) is 60.7 Å². The van der Waals surface area contributed by atoms with Gasteiger partial charge in [0.1, 0.15) is 196 Å². The van der Waals surface area contributed by atoms with Crippen molar-refractivity contribution in [3.8, 4) is 85.1 Å². The van der Waals surface area contributed by atoms with Crippen molar-refractivity contribution in [2.24, 2.45) is 0 Å². The van der Waals surface area contributed by atoms with Gasteiger partial charge in [0, 0.05) is 44.2 Å². The van der Waals surface area contributed by atoms with Crippen molar-refractivity contribution in [2.75, 3.05) is 0 Å². The monoisotopic (exact) mass is 1080 g/mol. The van der Waals surface area contributed by atoms with Crippen molar-refractivity contribution in [2.45, 2.75) is 0 Å². The maximum atomic E-state index is 5.78. The summed E-state index contributed by atoms with van der Waals surface area (Å²) in [6.45, 7) is 0. The number of hydrogen-bond donors (Lipinski definition) is 0. The summed E-state index contributed by atoms with van der Waals surface area (Å²) in [7, 11) is 55.9. The third-order valence-corrected chi connectivity index (χ3v) is 21.9. The van der Waals surface area contributed by atoms with Crippen LogP contribution in [-0.2, 0) is 0 Å². The smallest absolute Gasteiger partial charge is 0.166 e. The van der Waals surface area contributed by atoms with Crippen LogP contribution in [0.5, 0.6) is 0 Å². The first-order valence-corrected chi connectivity index (χ1v) is 30.7. The van der Waals surface area contributed by atoms with Crippen molar-refractivity contribution >= 4 is 355 Å². The Morgan fingerprint density at radius 2 is 0.523 bits per heavy atom. The van der Waals surface area contributed by atoms with Gasteiger partial charge in [-0.3, -0.25) is 0 Å². The molecule has 3 aromatic heterocycles. The Hall–Kier alpha value is -6.80. The summed E-state index contributed by atoms with van der Waals surface area (Å²) in [5.41, 5.74) is 42.5. The van der Waals surface area contributed by atoms with E-state index in [1.165, 1.54) is 158 Å². The van der Waals surface area contributed by atoms with Gasteiger partial charge < -0.3 is 4.57 Å². The molecule has 86 heavy (non-hydrogen) atoms. The lowest BCUT2D eigenvalue weighted by molar-refractivity contribution is 1.06. The van der Waals surface area contributed by atoms with Crippen molar-refractivity contribution in [1.29, 1.82) is 0 Å². The van der Waals surface area contributed by atoms with Crippen LogP contribution in [0.4, 0.5) is 0 Å². The van der Waals surface area contributed by atoms with E-state index >= 15 is 0 Å². The molecular formula is C54H60B25N7. The fourth-order valence-electron chi connectivity index (χ4n) is 14.2. The summed E-state index contributed by atoms with van der Waals surface area (Å²) in [6, 6.07) is 22.4. The number of hydrogen-bond acceptors (Lipinski definition) is 6. The molecule has 0 unspecified atom stereocenters. The highest BCUT2D eigenvalue weighted by atomic mass is 15.1. The molecule has 0 saturated heterocycles. The van der Waals surface area contributed by atoms with Crippen molar-refractivity contribution in [3.63, 3.8) is 0 Å². The Balaban J connectivity index is 1.32. The molecule has 11 aromatic rings. The minimum absolute atomic E-state index is 0.562. The molecule has 0 radical (unpaired) electrons. The largest absolute Gasteiger partial charge is 0.308 e. The molecule has 3 heterocycles. The number of para-hydroxylation sites is 1. The Morgan fingerprint density at radius 1 is 0.233 bits per heavy atom. The summed E-state index contributed by atoms with van der Waals surface area (Å²) in [6.07, 6.45) is 0. The minimum Gasteiger partial charge on any atom is -0.308 e. The number of aromatic nitrogens is 7. The molecule has 0 spiro atoms. The van der Waals surface area contributed by atoms with E-state index in [0.717, 1.165) is 50.1 Å². The van der Waals surface area contributed by atoms with E-state index in [0.29, 0.717) is 34.9 Å². The second-order valence-corrected chi connectivity index (χ2v) is 25.4. The predicted molar refractivity (Wildman–Crippen MR) is 450 cm³/mol. The highest BCUT2D eigenvalue weighted by Crippen LogP contribution is 2.41. The van der Waals surface area contributed by atoms with E-state index in [-0.39, 0.29) is 0 Å². The van der Waals surface area contributed by atoms with E-state index in [4.69, 9.17) is 29.9 Å². The predicted octanol–water partition coefficient (Wildman–Crippen LogP) is -30.7. The lowest BCUT2D eigenvalue weighted by Gasteiger charge is -2.23. The molecule has 386 valence electrons. The van der Waals surface area contributed by atoms with Crippen molar-refractivity contribution in [1.82, 2.24) is 34.5 Å². The SMILES string of the molecule is Bc1c(B)c(B)c(-c2nc(-c3ccc(-n4c5ccccc5c5c(-c6c(B)c(B)c(B)c(B)c6B)cccc54)c(-c4nc(-c5c(B)c(B)c(B)c(B)c5B)nc(-c5c(B)c(B)c(B)c(B)c5B)n4)c3)nc(-c3c(B)c(B)c(B)c(B)c3B)n2)c(B)c1B. The zero-order valence-electron chi connectivity index (χ0n) is 55.9. The van der Waals surface area contributed by atoms with E-state index < -0.39 is 0 Å². The van der Waals surface area contributed by atoms with Crippen LogP contribution in [-0.4, -0.2) is 231 Å². The van der Waals surface area contributed by atoms with Crippen molar-refractivity contribution < 1.29 is 0 Å². The minimum atomic E-state index is 0.562. The maximum Gasteiger partial charge on any atom is 0.166 e. The zero-order valence-corrected chi connectivity index (χ0v) is 55.9. The van der Waals surface area contributed by atoms with Crippen LogP contribution in [0.3, 0.4) is 0 Å². The first-order valence-electron chi connectivity index (χ1n) is 30.7. The van der Waals surface area contributed by atoms with Gasteiger partial charge in [0.15, 0.2) is 34.9 Å². The third kappa shape index (κ3) is 9.33. The van der Waals surface area contributed by atoms with Gasteiger partial charge in [0.05, 0.1) is 16.7 Å². The zero-order chi connectivity index (χ0) is 62.3. The quantitative estimate of drug-likeness (QED) is 0.141. The summed E-state index contributed by atoms with van der Waals surface area (Å²) >= 11 is 0. The van der Waals surface area contributed by atoms with Crippen molar-refractivity contribution in [3.05, 3.63) is 60.7 Å². The molecule has 8 aromatic carbocycles. The van der Waals surface area contributed by atoms with Gasteiger partial charge in [0.25, 0.3) is 0 Å². The molecule has 11 rings (SSSR count). The summed E-state index contributed by atoms with van der Waals surface area (Å²) in [5, 5.41) is 2.37. The van der Waals surface area contributed by atoms with E-state index in [1.54, 1.807) is 0 Å². The lowest BCUT2D eigenvalue weighted by Crippen LogP contribution is -2.55. The second-order valence-electron chi connectivity index (χ2n) is 25.4. The van der Waals surface area contributed by atoms with Gasteiger partial charge in [-0.25, -0.2) is 29.9 Å². The van der Waals surface area contributed by atoms with Gasteiger partial charge in [-0.05, 0) is 41.5 Å². The Labute approximate surface area is 531 Å². The molecule has 0 N–H and O–H groups in total. The van der Waals surface area contributed by atoms with Crippen LogP contribution in [0.25, 0.3) is 107 Å². The molecule has 32 heteroatoms. The number of benzene rings is 8. The molecule has 0 fully saturated rings. The molecule has 0 aliphatic heterocycles. The molecule has 0 bridgehead atoms. The molecule has 7 nitrogen and oxygen atoms in total. The number of nitrogens with zero attached hydrogens (tertiary/aromatic N) is 7. The normalized spacial score (nSPS) is 11.5. The third-order valence-electron chi connectivity index (χ3n) is 21.9. The van der Waals surface area contributed by atoms with Gasteiger partial charge >= 0.3 is 0 Å². The van der Waals surface area contributed by atoms with E-state index in [9.17, 15) is 0 Å². The first-order chi connectivity index (χ1) is 40.6. The Bertz CT molecular complexity index is 4540. The van der Waals surface area contributed by atoms with Crippen LogP contribution in [0.1, 0.15) is 0 Å². The van der Waals surface area contributed by atoms with Gasteiger partial charge in [-0.2, -0.15) is 0 Å². The summed E-state index contributed by atoms with van der Waals surface area (Å²) in [5.74, 6) is 3.75. The molecule has 0 amide bonds. The van der Waals surface area contributed by atoms with Crippen LogP contribution in [0.2, 0.25) is 0 Å². The molecule has 0 atom stereocenters. The summed E-state index contributed by atoms with van der Waals surface area (Å²) < 4.78 is 2.45. The fraction of sp³-hybridized carbons (Fsp3) is 0. The Morgan fingerprint density at radius 3 is 0.884 bits per heavy atom. The standard InChI is InChI=1S/C54H60B25N7/c55-24-19(25(56)35(66)44(75)34(24)65)13-5-3-7-17-18(13)12-4-1-2-6-15(12)86(17)16-9-8-11(49-80-51(20-26(57)36(67)45(76)37(68)27(20)58)84-52(81-49)21-28(59)38(69)46(77)39(70)29(21)60)10-14(16)50-82-53(22-30(61)40(71)47(78)41(72)31(22)62)85-54(83-50)23-32(63)42(73)48(79)43(74)33(23)64/h1-10H,55-79H2. The summed E-state index contributed by atoms with van der Waals surface area (Å²) in [4.78, 5) is 33.9. The van der Waals surface area contributed by atoms with Gasteiger partial charge in [-0.15, -0.1) is 81.9 Å². The van der Waals surface area contributed by atoms with Crippen LogP contribution >= 0.6 is 0 Å². The average molecular weight is 1080 g/mol. The Kier molecular flexibility index (Phi) is 15.9. The molecular weight excluding hydrogens is 1020 g/mol. The molecule has 0 aliphatic rings. The highest BCUT2D eigenvalue weighted by Gasteiger charge is 2.28. The second kappa shape index (κ2) is 22.4. The van der Waals surface area contributed by atoms with Crippen LogP contribution in [0, 0.1) is 0 Å². The van der Waals surface area contributed by atoms with Gasteiger partial charge in [0.2, 0.25) is 0 Å². The molecule has 0 aliphatic carbocycles. The van der Waals surface area contributed by atoms with Crippen LogP contribution < -0.4 is 137 Å². The number of rotatable bonds is 8. The van der Waals surface area contributed by atoms with E-state index in [1.807, 2.05) is 0 Å². The first kappa shape index (κ1) is 60.9. The molecule has 0 saturated carbocycles. The average Bonchev–Trinajstić information content (AvgIpc) is 1.66. The van der Waals surface area contributed by atoms with Gasteiger partial charge in [-0.1, -0.05) is 85.0 Å². The maximum absolute atomic E-state index is 5.78. The van der Waals surface area contributed by atoms with E-state index in [2.05, 4.69) is 261 Å². The highest BCUT2D eigenvalue weighted by molar-refractivity contribution is 6.73.